The third-order valence-electron chi connectivity index (χ3n) is 10.00. The van der Waals surface area contributed by atoms with E-state index in [0.717, 1.165) is 77.0 Å². The maximum atomic E-state index is 12.1. The summed E-state index contributed by atoms with van der Waals surface area (Å²) in [7, 11) is -4.44. The lowest BCUT2D eigenvalue weighted by Crippen LogP contribution is -2.27. The quantitative estimate of drug-likeness (QED) is 0.0238. The highest BCUT2D eigenvalue weighted by Gasteiger charge is 2.23. The van der Waals surface area contributed by atoms with Crippen molar-refractivity contribution in [3.8, 4) is 0 Å². The fourth-order valence-corrected chi connectivity index (χ4v) is 7.05. The third kappa shape index (κ3) is 49.8. The highest BCUT2D eigenvalue weighted by Crippen LogP contribution is 2.42. The normalized spacial score (nSPS) is 14.0. The molecule has 0 spiro atoms. The molecule has 360 valence electrons. The van der Waals surface area contributed by atoms with E-state index < -0.39 is 26.5 Å². The molecule has 0 aromatic carbocycles. The molecular formula is C53H90NO8P. The second-order valence-electron chi connectivity index (χ2n) is 16.0. The number of carbonyl (C=O) groups is 2. The second-order valence-corrected chi connectivity index (χ2v) is 17.5. The van der Waals surface area contributed by atoms with Crippen molar-refractivity contribution in [2.45, 2.75) is 200 Å². The first-order valence-corrected chi connectivity index (χ1v) is 26.2. The predicted octanol–water partition coefficient (Wildman–Crippen LogP) is 14.6. The summed E-state index contributed by atoms with van der Waals surface area (Å²) >= 11 is 0. The van der Waals surface area contributed by atoms with Crippen molar-refractivity contribution >= 4 is 19.7 Å². The minimum atomic E-state index is -4.44. The molecule has 63 heavy (non-hydrogen) atoms. The zero-order valence-electron chi connectivity index (χ0n) is 39.7. The van der Waals surface area contributed by atoms with Crippen LogP contribution in [0.1, 0.15) is 194 Å². The summed E-state index contributed by atoms with van der Waals surface area (Å²) in [6.07, 6.45) is 63.4. The van der Waals surface area contributed by atoms with Crippen LogP contribution in [0.4, 0.5) is 0 Å². The number of aliphatic hydroxyl groups is 1. The lowest BCUT2D eigenvalue weighted by atomic mass is 10.0. The Bertz CT molecular complexity index is 1350. The van der Waals surface area contributed by atoms with Gasteiger partial charge in [-0.15, -0.1) is 0 Å². The third-order valence-corrected chi connectivity index (χ3v) is 11.0. The van der Waals surface area contributed by atoms with Crippen LogP contribution in [0.15, 0.2) is 97.2 Å². The standard InChI is InChI=1S/C53H90NO8P/c1-3-5-7-9-11-13-15-17-19-21-23-25-27-29-31-33-35-37-39-41-43-45-52(56)54-47-48-61-63(58,59)62-50-51(55)49-60-53(57)46-44-42-40-38-36-34-32-30-28-26-24-22-20-18-16-14-12-10-8-6-4-2/h6,8,11-14,17-20,24,26,30,32,36,38,51,55H,3-5,7,9-10,15-16,21-23,25,27-29,31,33-35,37,39-50H2,1-2H3,(H,54,56)(H,58,59)/b8-6-,13-11-,14-12-,19-17-,20-18-,26-24-,32-30-,38-36-. The van der Waals surface area contributed by atoms with E-state index >= 15 is 0 Å². The van der Waals surface area contributed by atoms with Gasteiger partial charge in [-0.05, 0) is 96.3 Å². The number of ether oxygens (including phenoxy) is 1. The van der Waals surface area contributed by atoms with Crippen molar-refractivity contribution in [3.05, 3.63) is 97.2 Å². The van der Waals surface area contributed by atoms with Crippen molar-refractivity contribution in [2.75, 3.05) is 26.4 Å². The van der Waals surface area contributed by atoms with Crippen molar-refractivity contribution in [3.63, 3.8) is 0 Å². The molecule has 3 N–H and O–H groups in total. The van der Waals surface area contributed by atoms with Crippen molar-refractivity contribution in [2.24, 2.45) is 0 Å². The number of esters is 1. The molecular weight excluding hydrogens is 810 g/mol. The van der Waals surface area contributed by atoms with Gasteiger partial charge >= 0.3 is 13.8 Å². The summed E-state index contributed by atoms with van der Waals surface area (Å²) < 4.78 is 26.9. The minimum Gasteiger partial charge on any atom is -0.463 e. The van der Waals surface area contributed by atoms with Gasteiger partial charge in [-0.2, -0.15) is 0 Å². The number of unbranched alkanes of at least 4 members (excludes halogenated alkanes) is 16. The van der Waals surface area contributed by atoms with Crippen LogP contribution in [0.2, 0.25) is 0 Å². The number of rotatable bonds is 45. The second kappa shape index (κ2) is 48.4. The predicted molar refractivity (Wildman–Crippen MR) is 265 cm³/mol. The van der Waals surface area contributed by atoms with Crippen molar-refractivity contribution < 1.29 is 37.9 Å². The van der Waals surface area contributed by atoms with Gasteiger partial charge in [0.2, 0.25) is 5.91 Å². The van der Waals surface area contributed by atoms with Crippen LogP contribution in [0, 0.1) is 0 Å². The lowest BCUT2D eigenvalue weighted by molar-refractivity contribution is -0.147. The molecule has 0 aromatic rings. The van der Waals surface area contributed by atoms with E-state index in [4.69, 9.17) is 13.8 Å². The van der Waals surface area contributed by atoms with Gasteiger partial charge in [0, 0.05) is 19.4 Å². The number of allylic oxidation sites excluding steroid dienone is 16. The van der Waals surface area contributed by atoms with Gasteiger partial charge in [0.25, 0.3) is 0 Å². The fraction of sp³-hybridized carbons (Fsp3) is 0.660. The molecule has 0 aliphatic heterocycles. The largest absolute Gasteiger partial charge is 0.472 e. The number of amides is 1. The van der Waals surface area contributed by atoms with Crippen molar-refractivity contribution in [1.82, 2.24) is 5.32 Å². The number of aliphatic hydroxyl groups excluding tert-OH is 1. The van der Waals surface area contributed by atoms with E-state index in [0.29, 0.717) is 12.8 Å². The highest BCUT2D eigenvalue weighted by atomic mass is 31.2. The average Bonchev–Trinajstić information content (AvgIpc) is 3.27. The van der Waals surface area contributed by atoms with Crippen LogP contribution in [0.25, 0.3) is 0 Å². The van der Waals surface area contributed by atoms with Crippen LogP contribution < -0.4 is 5.32 Å². The molecule has 1 amide bonds. The number of phosphoric ester groups is 1. The van der Waals surface area contributed by atoms with E-state index in [1.807, 2.05) is 0 Å². The average molecular weight is 900 g/mol. The summed E-state index contributed by atoms with van der Waals surface area (Å²) in [5.74, 6) is -0.567. The number of phosphoric acid groups is 1. The van der Waals surface area contributed by atoms with E-state index in [2.05, 4.69) is 116 Å². The van der Waals surface area contributed by atoms with Gasteiger partial charge in [0.15, 0.2) is 0 Å². The smallest absolute Gasteiger partial charge is 0.463 e. The van der Waals surface area contributed by atoms with E-state index in [1.165, 1.54) is 83.5 Å². The monoisotopic (exact) mass is 900 g/mol. The summed E-state index contributed by atoms with van der Waals surface area (Å²) in [6, 6.07) is 0. The molecule has 0 rings (SSSR count). The first kappa shape index (κ1) is 59.9. The Morgan fingerprint density at radius 3 is 1.38 bits per heavy atom. The first-order chi connectivity index (χ1) is 30.8. The van der Waals surface area contributed by atoms with Gasteiger partial charge in [-0.25, -0.2) is 4.57 Å². The summed E-state index contributed by atoms with van der Waals surface area (Å²) in [6.45, 7) is 3.36. The molecule has 2 unspecified atom stereocenters. The van der Waals surface area contributed by atoms with Crippen LogP contribution >= 0.6 is 7.82 Å². The number of nitrogens with one attached hydrogen (secondary N) is 1. The molecule has 0 aliphatic rings. The molecule has 0 heterocycles. The minimum absolute atomic E-state index is 0.0700. The van der Waals surface area contributed by atoms with Gasteiger partial charge in [-0.3, -0.25) is 18.6 Å². The molecule has 0 aromatic heterocycles. The molecule has 0 bridgehead atoms. The Kier molecular flexibility index (Phi) is 46.0. The molecule has 10 heteroatoms. The zero-order chi connectivity index (χ0) is 46.0. The van der Waals surface area contributed by atoms with Gasteiger partial charge in [0.05, 0.1) is 13.2 Å². The molecule has 0 saturated heterocycles. The summed E-state index contributed by atoms with van der Waals surface area (Å²) in [5, 5.41) is 12.7. The molecule has 0 aliphatic carbocycles. The fourth-order valence-electron chi connectivity index (χ4n) is 6.30. The highest BCUT2D eigenvalue weighted by molar-refractivity contribution is 7.47. The zero-order valence-corrected chi connectivity index (χ0v) is 40.6. The molecule has 0 saturated carbocycles. The van der Waals surface area contributed by atoms with E-state index in [-0.39, 0.29) is 32.1 Å². The lowest BCUT2D eigenvalue weighted by Gasteiger charge is -2.15. The number of carbonyl (C=O) groups excluding carboxylic acids is 2. The van der Waals surface area contributed by atoms with Gasteiger partial charge < -0.3 is 20.1 Å². The number of hydrogen-bond donors (Lipinski definition) is 3. The van der Waals surface area contributed by atoms with Gasteiger partial charge in [-0.1, -0.05) is 182 Å². The molecule has 9 nitrogen and oxygen atoms in total. The van der Waals surface area contributed by atoms with Crippen LogP contribution in [-0.4, -0.2) is 54.3 Å². The Hall–Kier alpha value is -3.07. The SMILES string of the molecule is CC/C=C\C/C=C\C/C=C\C/C=C\C/C=C\C/C=C\CCCCC(=O)OCC(O)COP(=O)(O)OCCNC(=O)CCCCCCCCCCCCC/C=C\C/C=C\CCCCC. The van der Waals surface area contributed by atoms with Crippen LogP contribution in [-0.2, 0) is 27.9 Å². The molecule has 0 radical (unpaired) electrons. The Balaban J connectivity index is 3.66. The maximum absolute atomic E-state index is 12.1. The van der Waals surface area contributed by atoms with E-state index in [9.17, 15) is 24.2 Å². The maximum Gasteiger partial charge on any atom is 0.472 e. The number of hydrogen-bond acceptors (Lipinski definition) is 7. The Labute approximate surface area is 385 Å². The van der Waals surface area contributed by atoms with Crippen molar-refractivity contribution in [1.29, 1.82) is 0 Å². The topological polar surface area (TPSA) is 131 Å². The summed E-state index contributed by atoms with van der Waals surface area (Å²) in [5.41, 5.74) is 0. The Morgan fingerprint density at radius 1 is 0.508 bits per heavy atom. The van der Waals surface area contributed by atoms with Crippen LogP contribution in [0.3, 0.4) is 0 Å². The summed E-state index contributed by atoms with van der Waals surface area (Å²) in [4.78, 5) is 34.0. The van der Waals surface area contributed by atoms with Gasteiger partial charge in [0.1, 0.15) is 12.7 Å². The van der Waals surface area contributed by atoms with E-state index in [1.54, 1.807) is 0 Å². The van der Waals surface area contributed by atoms with Crippen LogP contribution in [0.5, 0.6) is 0 Å². The Morgan fingerprint density at radius 2 is 0.905 bits per heavy atom. The molecule has 0 fully saturated rings. The molecule has 2 atom stereocenters. The first-order valence-electron chi connectivity index (χ1n) is 24.7.